The van der Waals surface area contributed by atoms with E-state index in [1.165, 1.54) is 11.8 Å². The van der Waals surface area contributed by atoms with Gasteiger partial charge in [0.1, 0.15) is 0 Å². The molecule has 0 saturated heterocycles. The number of hydrogen-bond acceptors (Lipinski definition) is 4. The molecular formula is C17H17Cl2N3O2S. The van der Waals surface area contributed by atoms with Gasteiger partial charge in [0.25, 0.3) is 5.56 Å². The summed E-state index contributed by atoms with van der Waals surface area (Å²) < 4.78 is 1.61. The lowest BCUT2D eigenvalue weighted by Crippen LogP contribution is -2.38. The Labute approximate surface area is 159 Å². The van der Waals surface area contributed by atoms with Gasteiger partial charge in [0, 0.05) is 39.3 Å². The second-order valence-corrected chi connectivity index (χ2v) is 7.74. The monoisotopic (exact) mass is 397 g/mol. The molecule has 25 heavy (non-hydrogen) atoms. The van der Waals surface area contributed by atoms with Gasteiger partial charge < -0.3 is 5.32 Å². The number of amides is 1. The van der Waals surface area contributed by atoms with Gasteiger partial charge in [-0.05, 0) is 31.5 Å². The van der Waals surface area contributed by atoms with Crippen molar-refractivity contribution in [2.45, 2.75) is 32.0 Å². The van der Waals surface area contributed by atoms with Crippen LogP contribution in [0, 0.1) is 12.8 Å². The van der Waals surface area contributed by atoms with Crippen LogP contribution in [0.25, 0.3) is 0 Å². The molecule has 1 aliphatic rings. The van der Waals surface area contributed by atoms with Crippen LogP contribution in [-0.4, -0.2) is 21.2 Å². The lowest BCUT2D eigenvalue weighted by molar-refractivity contribution is -0.119. The van der Waals surface area contributed by atoms with Gasteiger partial charge in [-0.1, -0.05) is 41.9 Å². The van der Waals surface area contributed by atoms with Crippen LogP contribution in [0.15, 0.2) is 28.2 Å². The lowest BCUT2D eigenvalue weighted by atomic mass is 10.1. The minimum Gasteiger partial charge on any atom is -0.326 e. The lowest BCUT2D eigenvalue weighted by Gasteiger charge is -2.25. The first-order valence-electron chi connectivity index (χ1n) is 7.89. The van der Waals surface area contributed by atoms with Crippen molar-refractivity contribution in [1.29, 1.82) is 0 Å². The molecule has 8 heteroatoms. The molecule has 2 heterocycles. The summed E-state index contributed by atoms with van der Waals surface area (Å²) in [5.41, 5.74) is 1.96. The van der Waals surface area contributed by atoms with Gasteiger partial charge in [-0.25, -0.2) is 4.98 Å². The maximum Gasteiger partial charge on any atom is 0.257 e. The van der Waals surface area contributed by atoms with Crippen LogP contribution < -0.4 is 10.9 Å². The Morgan fingerprint density at radius 1 is 1.36 bits per heavy atom. The number of carbonyl (C=O) groups excluding carboxylic acids is 1. The van der Waals surface area contributed by atoms with Crippen LogP contribution >= 0.6 is 35.0 Å². The first-order chi connectivity index (χ1) is 11.9. The third kappa shape index (κ3) is 3.86. The highest BCUT2D eigenvalue weighted by molar-refractivity contribution is 7.99. The number of aromatic nitrogens is 2. The van der Waals surface area contributed by atoms with E-state index < -0.39 is 0 Å². The number of rotatable bonds is 3. The Bertz CT molecular complexity index is 878. The molecule has 0 saturated carbocycles. The zero-order chi connectivity index (χ0) is 18.1. The van der Waals surface area contributed by atoms with Crippen LogP contribution in [0.4, 0.5) is 5.69 Å². The number of thioether (sulfide) groups is 1. The third-order valence-corrected chi connectivity index (χ3v) is 5.68. The second kappa shape index (κ2) is 7.40. The van der Waals surface area contributed by atoms with E-state index >= 15 is 0 Å². The molecule has 1 atom stereocenters. The summed E-state index contributed by atoms with van der Waals surface area (Å²) >= 11 is 13.4. The molecule has 1 unspecified atom stereocenters. The fourth-order valence-electron chi connectivity index (χ4n) is 2.83. The van der Waals surface area contributed by atoms with Crippen LogP contribution in [0.3, 0.4) is 0 Å². The van der Waals surface area contributed by atoms with Crippen molar-refractivity contribution in [2.75, 3.05) is 11.1 Å². The van der Waals surface area contributed by atoms with Crippen molar-refractivity contribution in [3.05, 3.63) is 49.9 Å². The van der Waals surface area contributed by atoms with E-state index in [1.54, 1.807) is 22.8 Å². The molecule has 1 N–H and O–H groups in total. The average Bonchev–Trinajstić information content (AvgIpc) is 2.54. The van der Waals surface area contributed by atoms with E-state index in [9.17, 15) is 9.59 Å². The predicted octanol–water partition coefficient (Wildman–Crippen LogP) is 3.78. The zero-order valence-electron chi connectivity index (χ0n) is 13.8. The summed E-state index contributed by atoms with van der Waals surface area (Å²) in [5, 5.41) is 4.41. The quantitative estimate of drug-likeness (QED) is 0.800. The SMILES string of the molecule is CCc1c(C)nc2n(c1=O)CC(C(=O)Nc1cc(Cl)cc(Cl)c1)CS2. The molecule has 5 nitrogen and oxygen atoms in total. The number of nitrogens with one attached hydrogen (secondary N) is 1. The second-order valence-electron chi connectivity index (χ2n) is 5.88. The number of anilines is 1. The number of carbonyl (C=O) groups is 1. The molecule has 1 aromatic carbocycles. The molecule has 1 aromatic heterocycles. The van der Waals surface area contributed by atoms with Gasteiger partial charge in [-0.2, -0.15) is 0 Å². The fraction of sp³-hybridized carbons (Fsp3) is 0.353. The Hall–Kier alpha value is -1.50. The summed E-state index contributed by atoms with van der Waals surface area (Å²) in [5.74, 6) is 0.0708. The highest BCUT2D eigenvalue weighted by Gasteiger charge is 2.28. The van der Waals surface area contributed by atoms with Gasteiger partial charge in [-0.15, -0.1) is 0 Å². The Morgan fingerprint density at radius 2 is 2.04 bits per heavy atom. The van der Waals surface area contributed by atoms with E-state index in [0.29, 0.717) is 45.2 Å². The summed E-state index contributed by atoms with van der Waals surface area (Å²) in [6.45, 7) is 4.10. The number of aryl methyl sites for hydroxylation is 1. The first-order valence-corrected chi connectivity index (χ1v) is 9.63. The average molecular weight is 398 g/mol. The van der Waals surface area contributed by atoms with Crippen LogP contribution in [0.1, 0.15) is 18.2 Å². The van der Waals surface area contributed by atoms with Gasteiger partial charge in [0.15, 0.2) is 5.16 Å². The van der Waals surface area contributed by atoms with Crippen molar-refractivity contribution in [1.82, 2.24) is 9.55 Å². The molecule has 1 aliphatic heterocycles. The molecule has 3 rings (SSSR count). The van der Waals surface area contributed by atoms with Crippen LogP contribution in [0.5, 0.6) is 0 Å². The highest BCUT2D eigenvalue weighted by atomic mass is 35.5. The van der Waals surface area contributed by atoms with Crippen molar-refractivity contribution in [3.8, 4) is 0 Å². The number of halogens is 2. The molecule has 2 aromatic rings. The molecule has 132 valence electrons. The molecule has 1 amide bonds. The first kappa shape index (κ1) is 18.3. The van der Waals surface area contributed by atoms with E-state index in [-0.39, 0.29) is 17.4 Å². The fourth-order valence-corrected chi connectivity index (χ4v) is 4.48. The van der Waals surface area contributed by atoms with Gasteiger partial charge >= 0.3 is 0 Å². The minimum absolute atomic E-state index is 0.0548. The summed E-state index contributed by atoms with van der Waals surface area (Å²) in [6, 6.07) is 4.88. The topological polar surface area (TPSA) is 64.0 Å². The molecule has 0 fully saturated rings. The number of nitrogens with zero attached hydrogens (tertiary/aromatic N) is 2. The summed E-state index contributed by atoms with van der Waals surface area (Å²) in [7, 11) is 0. The number of benzene rings is 1. The number of hydrogen-bond donors (Lipinski definition) is 1. The van der Waals surface area contributed by atoms with Crippen molar-refractivity contribution in [3.63, 3.8) is 0 Å². The standard InChI is InChI=1S/C17H17Cl2N3O2S/c1-3-14-9(2)20-17-22(16(14)24)7-10(8-25-17)15(23)21-13-5-11(18)4-12(19)6-13/h4-6,10H,3,7-8H2,1-2H3,(H,21,23). The summed E-state index contributed by atoms with van der Waals surface area (Å²) in [4.78, 5) is 29.7. The smallest absolute Gasteiger partial charge is 0.257 e. The van der Waals surface area contributed by atoms with Crippen LogP contribution in [-0.2, 0) is 17.8 Å². The molecular weight excluding hydrogens is 381 g/mol. The maximum absolute atomic E-state index is 12.6. The minimum atomic E-state index is -0.331. The van der Waals surface area contributed by atoms with E-state index in [0.717, 1.165) is 5.69 Å². The molecule has 0 spiro atoms. The number of fused-ring (bicyclic) bond motifs is 1. The Kier molecular flexibility index (Phi) is 5.41. The largest absolute Gasteiger partial charge is 0.326 e. The van der Waals surface area contributed by atoms with E-state index in [2.05, 4.69) is 10.3 Å². The molecule has 0 aliphatic carbocycles. The van der Waals surface area contributed by atoms with Gasteiger partial charge in [0.2, 0.25) is 5.91 Å². The van der Waals surface area contributed by atoms with Gasteiger partial charge in [-0.3, -0.25) is 14.2 Å². The summed E-state index contributed by atoms with van der Waals surface area (Å²) in [6.07, 6.45) is 0.625. The third-order valence-electron chi connectivity index (χ3n) is 4.11. The van der Waals surface area contributed by atoms with Gasteiger partial charge in [0.05, 0.1) is 5.92 Å². The van der Waals surface area contributed by atoms with Crippen molar-refractivity contribution >= 4 is 46.6 Å². The van der Waals surface area contributed by atoms with E-state index in [1.807, 2.05) is 13.8 Å². The van der Waals surface area contributed by atoms with E-state index in [4.69, 9.17) is 23.2 Å². The van der Waals surface area contributed by atoms with Crippen LogP contribution in [0.2, 0.25) is 10.0 Å². The van der Waals surface area contributed by atoms with Crippen molar-refractivity contribution < 1.29 is 4.79 Å². The highest BCUT2D eigenvalue weighted by Crippen LogP contribution is 2.28. The Morgan fingerprint density at radius 3 is 2.68 bits per heavy atom. The molecule has 0 radical (unpaired) electrons. The zero-order valence-corrected chi connectivity index (χ0v) is 16.1. The predicted molar refractivity (Wildman–Crippen MR) is 102 cm³/mol. The Balaban J connectivity index is 1.82. The molecule has 0 bridgehead atoms. The maximum atomic E-state index is 12.6. The normalized spacial score (nSPS) is 16.4. The van der Waals surface area contributed by atoms with Crippen molar-refractivity contribution in [2.24, 2.45) is 5.92 Å².